The lowest BCUT2D eigenvalue weighted by molar-refractivity contribution is 0.217. The van der Waals surface area contributed by atoms with Crippen molar-refractivity contribution in [3.63, 3.8) is 0 Å². The summed E-state index contributed by atoms with van der Waals surface area (Å²) >= 11 is 0. The van der Waals surface area contributed by atoms with Crippen LogP contribution in [-0.2, 0) is 0 Å². The number of pyridine rings is 1. The summed E-state index contributed by atoms with van der Waals surface area (Å²) in [5.74, 6) is 7.32. The molecule has 18 heavy (non-hydrogen) atoms. The Balaban J connectivity index is 2.05. The molecule has 1 unspecified atom stereocenters. The zero-order valence-corrected chi connectivity index (χ0v) is 11.5. The number of nitrogens with one attached hydrogen (secondary N) is 1. The number of hydrazine groups is 1. The van der Waals surface area contributed by atoms with Crippen LogP contribution in [0.15, 0.2) is 18.2 Å². The van der Waals surface area contributed by atoms with Crippen molar-refractivity contribution in [2.75, 3.05) is 0 Å². The fourth-order valence-electron chi connectivity index (χ4n) is 3.13. The van der Waals surface area contributed by atoms with Crippen molar-refractivity contribution in [1.29, 1.82) is 0 Å². The minimum Gasteiger partial charge on any atom is -0.271 e. The average molecular weight is 247 g/mol. The Hall–Kier alpha value is -0.930. The molecule has 0 radical (unpaired) electrons. The molecule has 0 aliphatic heterocycles. The number of hydrogen-bond acceptors (Lipinski definition) is 3. The van der Waals surface area contributed by atoms with Crippen LogP contribution in [-0.4, -0.2) is 4.98 Å². The van der Waals surface area contributed by atoms with Gasteiger partial charge in [0.05, 0.1) is 11.7 Å². The molecule has 0 saturated heterocycles. The summed E-state index contributed by atoms with van der Waals surface area (Å²) in [6, 6.07) is 6.40. The van der Waals surface area contributed by atoms with Crippen LogP contribution in [0.5, 0.6) is 0 Å². The van der Waals surface area contributed by atoms with Crippen LogP contribution in [0.2, 0.25) is 0 Å². The lowest BCUT2D eigenvalue weighted by Gasteiger charge is -2.33. The molecule has 3 N–H and O–H groups in total. The summed E-state index contributed by atoms with van der Waals surface area (Å²) in [6.07, 6.45) is 6.53. The second kappa shape index (κ2) is 6.30. The van der Waals surface area contributed by atoms with Crippen LogP contribution in [0.1, 0.15) is 56.5 Å². The van der Waals surface area contributed by atoms with Crippen molar-refractivity contribution in [3.05, 3.63) is 29.6 Å². The number of hydrogen-bond donors (Lipinski definition) is 2. The number of aryl methyl sites for hydroxylation is 1. The summed E-state index contributed by atoms with van der Waals surface area (Å²) < 4.78 is 0. The second-order valence-electron chi connectivity index (χ2n) is 5.54. The maximum atomic E-state index is 5.76. The van der Waals surface area contributed by atoms with Crippen LogP contribution in [0.3, 0.4) is 0 Å². The Kier molecular flexibility index (Phi) is 4.72. The van der Waals surface area contributed by atoms with Gasteiger partial charge >= 0.3 is 0 Å². The summed E-state index contributed by atoms with van der Waals surface area (Å²) in [4.78, 5) is 4.62. The zero-order chi connectivity index (χ0) is 13.0. The standard InChI is InChI=1S/C15H25N3/c1-3-12-7-9-13(10-8-12)15(18-16)14-6-4-5-11(2)17-14/h4-6,12-13,15,18H,3,7-10,16H2,1-2H3. The van der Waals surface area contributed by atoms with Crippen LogP contribution in [0, 0.1) is 18.8 Å². The highest BCUT2D eigenvalue weighted by atomic mass is 15.2. The fourth-order valence-corrected chi connectivity index (χ4v) is 3.13. The normalized spacial score (nSPS) is 25.9. The molecule has 100 valence electrons. The SMILES string of the molecule is CCC1CCC(C(NN)c2cccc(C)n2)CC1. The molecule has 1 aliphatic carbocycles. The molecule has 1 aliphatic rings. The maximum Gasteiger partial charge on any atom is 0.0660 e. The third kappa shape index (κ3) is 3.09. The van der Waals surface area contributed by atoms with E-state index in [2.05, 4.69) is 29.5 Å². The molecule has 0 bridgehead atoms. The summed E-state index contributed by atoms with van der Waals surface area (Å²) in [5, 5.41) is 0. The van der Waals surface area contributed by atoms with Gasteiger partial charge in [0, 0.05) is 5.69 Å². The molecule has 0 spiro atoms. The lowest BCUT2D eigenvalue weighted by Crippen LogP contribution is -2.36. The van der Waals surface area contributed by atoms with Gasteiger partial charge in [0.2, 0.25) is 0 Å². The Morgan fingerprint density at radius 3 is 2.61 bits per heavy atom. The maximum absolute atomic E-state index is 5.76. The van der Waals surface area contributed by atoms with Crippen LogP contribution in [0.25, 0.3) is 0 Å². The van der Waals surface area contributed by atoms with Gasteiger partial charge in [-0.1, -0.05) is 32.3 Å². The van der Waals surface area contributed by atoms with Gasteiger partial charge in [-0.15, -0.1) is 0 Å². The molecule has 3 nitrogen and oxygen atoms in total. The highest BCUT2D eigenvalue weighted by Crippen LogP contribution is 2.37. The summed E-state index contributed by atoms with van der Waals surface area (Å²) in [7, 11) is 0. The van der Waals surface area contributed by atoms with E-state index in [0.717, 1.165) is 17.3 Å². The topological polar surface area (TPSA) is 50.9 Å². The predicted molar refractivity (Wildman–Crippen MR) is 74.8 cm³/mol. The van der Waals surface area contributed by atoms with Gasteiger partial charge < -0.3 is 0 Å². The van der Waals surface area contributed by atoms with Gasteiger partial charge in [-0.2, -0.15) is 0 Å². The third-order valence-electron chi connectivity index (χ3n) is 4.35. The highest BCUT2D eigenvalue weighted by molar-refractivity contribution is 5.14. The van der Waals surface area contributed by atoms with Gasteiger partial charge in [0.25, 0.3) is 0 Å². The van der Waals surface area contributed by atoms with Crippen molar-refractivity contribution < 1.29 is 0 Å². The lowest BCUT2D eigenvalue weighted by atomic mass is 9.77. The van der Waals surface area contributed by atoms with Crippen LogP contribution in [0.4, 0.5) is 0 Å². The van der Waals surface area contributed by atoms with Crippen molar-refractivity contribution in [1.82, 2.24) is 10.4 Å². The van der Waals surface area contributed by atoms with E-state index in [0.29, 0.717) is 5.92 Å². The van der Waals surface area contributed by atoms with Crippen LogP contribution >= 0.6 is 0 Å². The van der Waals surface area contributed by atoms with E-state index in [4.69, 9.17) is 5.84 Å². The highest BCUT2D eigenvalue weighted by Gasteiger charge is 2.28. The molecule has 1 aromatic heterocycles. The van der Waals surface area contributed by atoms with Gasteiger partial charge in [-0.3, -0.25) is 16.3 Å². The second-order valence-corrected chi connectivity index (χ2v) is 5.54. The molecule has 0 aromatic carbocycles. The first-order chi connectivity index (χ1) is 8.74. The molecule has 0 amide bonds. The first-order valence-electron chi connectivity index (χ1n) is 7.14. The molecule has 1 heterocycles. The minimum atomic E-state index is 0.211. The summed E-state index contributed by atoms with van der Waals surface area (Å²) in [5.41, 5.74) is 5.15. The Labute approximate surface area is 110 Å². The number of nitrogens with two attached hydrogens (primary N) is 1. The molecule has 1 atom stereocenters. The van der Waals surface area contributed by atoms with Gasteiger partial charge in [0.15, 0.2) is 0 Å². The number of nitrogens with zero attached hydrogens (tertiary/aromatic N) is 1. The van der Waals surface area contributed by atoms with Crippen molar-refractivity contribution in [2.45, 2.75) is 52.0 Å². The van der Waals surface area contributed by atoms with Crippen molar-refractivity contribution >= 4 is 0 Å². The molecule has 3 heteroatoms. The quantitative estimate of drug-likeness (QED) is 0.635. The molecule has 1 fully saturated rings. The first-order valence-corrected chi connectivity index (χ1v) is 7.14. The fraction of sp³-hybridized carbons (Fsp3) is 0.667. The average Bonchev–Trinajstić information content (AvgIpc) is 2.40. The van der Waals surface area contributed by atoms with E-state index in [1.807, 2.05) is 13.0 Å². The molecular formula is C15H25N3. The van der Waals surface area contributed by atoms with Gasteiger partial charge in [0.1, 0.15) is 0 Å². The molecular weight excluding hydrogens is 222 g/mol. The monoisotopic (exact) mass is 247 g/mol. The zero-order valence-electron chi connectivity index (χ0n) is 11.5. The van der Waals surface area contributed by atoms with Gasteiger partial charge in [-0.25, -0.2) is 0 Å². The van der Waals surface area contributed by atoms with E-state index >= 15 is 0 Å². The van der Waals surface area contributed by atoms with E-state index < -0.39 is 0 Å². The van der Waals surface area contributed by atoms with E-state index in [9.17, 15) is 0 Å². The Morgan fingerprint density at radius 2 is 2.06 bits per heavy atom. The third-order valence-corrected chi connectivity index (χ3v) is 4.35. The van der Waals surface area contributed by atoms with Crippen molar-refractivity contribution in [2.24, 2.45) is 17.7 Å². The smallest absolute Gasteiger partial charge is 0.0660 e. The minimum absolute atomic E-state index is 0.211. The molecule has 1 aromatic rings. The van der Waals surface area contributed by atoms with E-state index in [1.165, 1.54) is 32.1 Å². The van der Waals surface area contributed by atoms with Crippen molar-refractivity contribution in [3.8, 4) is 0 Å². The van der Waals surface area contributed by atoms with Crippen LogP contribution < -0.4 is 11.3 Å². The Morgan fingerprint density at radius 1 is 1.33 bits per heavy atom. The predicted octanol–water partition coefficient (Wildman–Crippen LogP) is 3.11. The first kappa shape index (κ1) is 13.5. The summed E-state index contributed by atoms with van der Waals surface area (Å²) in [6.45, 7) is 4.33. The van der Waals surface area contributed by atoms with Gasteiger partial charge in [-0.05, 0) is 43.7 Å². The largest absolute Gasteiger partial charge is 0.271 e. The van der Waals surface area contributed by atoms with E-state index in [-0.39, 0.29) is 6.04 Å². The number of rotatable bonds is 4. The van der Waals surface area contributed by atoms with E-state index in [1.54, 1.807) is 0 Å². The Bertz CT molecular complexity index is 370. The molecule has 2 rings (SSSR count). The number of aromatic nitrogens is 1. The molecule has 1 saturated carbocycles.